The Balaban J connectivity index is 2.67. The number of amides is 3. The van der Waals surface area contributed by atoms with Gasteiger partial charge in [-0.05, 0) is 19.4 Å². The van der Waals surface area contributed by atoms with Crippen LogP contribution < -0.4 is 16.0 Å². The smallest absolute Gasteiger partial charge is 0.242 e. The van der Waals surface area contributed by atoms with E-state index in [1.807, 2.05) is 37.3 Å². The summed E-state index contributed by atoms with van der Waals surface area (Å²) in [7, 11) is 0. The van der Waals surface area contributed by atoms with E-state index in [2.05, 4.69) is 16.0 Å². The molecule has 0 unspecified atom stereocenters. The lowest BCUT2D eigenvalue weighted by atomic mass is 10.0. The zero-order chi connectivity index (χ0) is 16.5. The standard InChI is InChI=1S/C16H23N3O3/c1-4-17-16(22)11(2)18-15(21)10-14(19-12(3)20)13-8-6-5-7-9-13/h5-9,11,14H,4,10H2,1-3H3,(H,17,22)(H,18,21)(H,19,20)/t11-,14+/m1/s1. The predicted molar refractivity (Wildman–Crippen MR) is 83.9 cm³/mol. The zero-order valence-electron chi connectivity index (χ0n) is 13.2. The van der Waals surface area contributed by atoms with Gasteiger partial charge < -0.3 is 16.0 Å². The second kappa shape index (κ2) is 8.81. The lowest BCUT2D eigenvalue weighted by Crippen LogP contribution is -2.45. The summed E-state index contributed by atoms with van der Waals surface area (Å²) in [5.74, 6) is -0.730. The fraction of sp³-hybridized carbons (Fsp3) is 0.438. The molecule has 0 aromatic heterocycles. The minimum atomic E-state index is -0.610. The molecule has 1 aromatic carbocycles. The Morgan fingerprint density at radius 1 is 1.09 bits per heavy atom. The van der Waals surface area contributed by atoms with Crippen molar-refractivity contribution in [3.05, 3.63) is 35.9 Å². The average molecular weight is 305 g/mol. The molecule has 0 heterocycles. The van der Waals surface area contributed by atoms with Crippen molar-refractivity contribution in [2.45, 2.75) is 39.3 Å². The Hall–Kier alpha value is -2.37. The van der Waals surface area contributed by atoms with Crippen LogP contribution in [0.1, 0.15) is 38.8 Å². The number of hydrogen-bond acceptors (Lipinski definition) is 3. The molecule has 3 N–H and O–H groups in total. The van der Waals surface area contributed by atoms with Gasteiger partial charge in [-0.3, -0.25) is 14.4 Å². The normalized spacial score (nSPS) is 12.9. The van der Waals surface area contributed by atoms with Crippen LogP contribution in [0.15, 0.2) is 30.3 Å². The summed E-state index contributed by atoms with van der Waals surface area (Å²) >= 11 is 0. The van der Waals surface area contributed by atoms with Crippen LogP contribution in [0.5, 0.6) is 0 Å². The van der Waals surface area contributed by atoms with Crippen molar-refractivity contribution in [3.63, 3.8) is 0 Å². The fourth-order valence-electron chi connectivity index (χ4n) is 2.06. The summed E-state index contributed by atoms with van der Waals surface area (Å²) in [5.41, 5.74) is 0.846. The van der Waals surface area contributed by atoms with Crippen LogP contribution in [0.3, 0.4) is 0 Å². The zero-order valence-corrected chi connectivity index (χ0v) is 13.2. The molecule has 0 fully saturated rings. The molecule has 1 rings (SSSR count). The Bertz CT molecular complexity index is 517. The number of carbonyl (C=O) groups is 3. The van der Waals surface area contributed by atoms with E-state index < -0.39 is 12.1 Å². The highest BCUT2D eigenvalue weighted by molar-refractivity contribution is 5.87. The summed E-state index contributed by atoms with van der Waals surface area (Å²) in [4.78, 5) is 35.0. The third-order valence-electron chi connectivity index (χ3n) is 3.09. The second-order valence-corrected chi connectivity index (χ2v) is 5.05. The SMILES string of the molecule is CCNC(=O)[C@@H](C)NC(=O)C[C@H](NC(C)=O)c1ccccc1. The van der Waals surface area contributed by atoms with E-state index in [1.54, 1.807) is 6.92 Å². The molecular formula is C16H23N3O3. The Morgan fingerprint density at radius 2 is 1.73 bits per heavy atom. The molecule has 6 nitrogen and oxygen atoms in total. The van der Waals surface area contributed by atoms with Crippen LogP contribution in [0.4, 0.5) is 0 Å². The number of nitrogens with one attached hydrogen (secondary N) is 3. The van der Waals surface area contributed by atoms with Crippen molar-refractivity contribution < 1.29 is 14.4 Å². The van der Waals surface area contributed by atoms with Crippen molar-refractivity contribution in [2.75, 3.05) is 6.54 Å². The lowest BCUT2D eigenvalue weighted by Gasteiger charge is -2.19. The highest BCUT2D eigenvalue weighted by Gasteiger charge is 2.20. The summed E-state index contributed by atoms with van der Waals surface area (Å²) in [6, 6.07) is 8.23. The summed E-state index contributed by atoms with van der Waals surface area (Å²) in [5, 5.41) is 8.03. The number of rotatable bonds is 7. The van der Waals surface area contributed by atoms with Crippen molar-refractivity contribution in [2.24, 2.45) is 0 Å². The Labute approximate surface area is 130 Å². The lowest BCUT2D eigenvalue weighted by molar-refractivity contribution is -0.129. The van der Waals surface area contributed by atoms with Gasteiger partial charge in [0, 0.05) is 13.5 Å². The quantitative estimate of drug-likeness (QED) is 0.699. The maximum absolute atomic E-state index is 12.1. The molecule has 6 heteroatoms. The van der Waals surface area contributed by atoms with Gasteiger partial charge in [0.1, 0.15) is 6.04 Å². The minimum absolute atomic E-state index is 0.0767. The van der Waals surface area contributed by atoms with Crippen LogP contribution >= 0.6 is 0 Å². The first kappa shape index (κ1) is 17.7. The van der Waals surface area contributed by atoms with Gasteiger partial charge in [-0.15, -0.1) is 0 Å². The first-order chi connectivity index (χ1) is 10.4. The van der Waals surface area contributed by atoms with E-state index in [1.165, 1.54) is 6.92 Å². The molecule has 0 saturated heterocycles. The van der Waals surface area contributed by atoms with Crippen LogP contribution in [0.25, 0.3) is 0 Å². The molecule has 0 saturated carbocycles. The van der Waals surface area contributed by atoms with Gasteiger partial charge in [0.25, 0.3) is 0 Å². The molecule has 3 amide bonds. The van der Waals surface area contributed by atoms with Gasteiger partial charge in [0.2, 0.25) is 17.7 Å². The van der Waals surface area contributed by atoms with Crippen LogP contribution in [0, 0.1) is 0 Å². The number of likely N-dealkylation sites (N-methyl/N-ethyl adjacent to an activating group) is 1. The predicted octanol–water partition coefficient (Wildman–Crippen LogP) is 0.895. The van der Waals surface area contributed by atoms with E-state index >= 15 is 0 Å². The van der Waals surface area contributed by atoms with Crippen molar-refractivity contribution in [1.82, 2.24) is 16.0 Å². The highest BCUT2D eigenvalue weighted by atomic mass is 16.2. The fourth-order valence-corrected chi connectivity index (χ4v) is 2.06. The summed E-state index contributed by atoms with van der Waals surface area (Å²) in [6.07, 6.45) is 0.0767. The third kappa shape index (κ3) is 5.95. The molecule has 0 spiro atoms. The number of carbonyl (C=O) groups excluding carboxylic acids is 3. The molecule has 120 valence electrons. The van der Waals surface area contributed by atoms with Gasteiger partial charge in [0.15, 0.2) is 0 Å². The van der Waals surface area contributed by atoms with E-state index in [4.69, 9.17) is 0 Å². The van der Waals surface area contributed by atoms with Crippen LogP contribution in [0.2, 0.25) is 0 Å². The monoisotopic (exact) mass is 305 g/mol. The average Bonchev–Trinajstić information content (AvgIpc) is 2.47. The molecule has 2 atom stereocenters. The first-order valence-electron chi connectivity index (χ1n) is 7.33. The van der Waals surface area contributed by atoms with E-state index in [-0.39, 0.29) is 24.1 Å². The van der Waals surface area contributed by atoms with E-state index in [9.17, 15) is 14.4 Å². The largest absolute Gasteiger partial charge is 0.355 e. The number of benzene rings is 1. The number of hydrogen-bond donors (Lipinski definition) is 3. The van der Waals surface area contributed by atoms with Crippen molar-refractivity contribution in [1.29, 1.82) is 0 Å². The van der Waals surface area contributed by atoms with Gasteiger partial charge in [-0.2, -0.15) is 0 Å². The maximum atomic E-state index is 12.1. The van der Waals surface area contributed by atoms with Crippen LogP contribution in [-0.2, 0) is 14.4 Å². The molecule has 0 bridgehead atoms. The van der Waals surface area contributed by atoms with Gasteiger partial charge in [-0.25, -0.2) is 0 Å². The topological polar surface area (TPSA) is 87.3 Å². The van der Waals surface area contributed by atoms with Gasteiger partial charge >= 0.3 is 0 Å². The van der Waals surface area contributed by atoms with Crippen LogP contribution in [-0.4, -0.2) is 30.3 Å². The van der Waals surface area contributed by atoms with Crippen molar-refractivity contribution in [3.8, 4) is 0 Å². The molecule has 0 radical (unpaired) electrons. The molecule has 22 heavy (non-hydrogen) atoms. The Kier molecular flexibility index (Phi) is 7.08. The molecule has 0 aliphatic carbocycles. The third-order valence-corrected chi connectivity index (χ3v) is 3.09. The molecular weight excluding hydrogens is 282 g/mol. The second-order valence-electron chi connectivity index (χ2n) is 5.05. The Morgan fingerprint density at radius 3 is 2.27 bits per heavy atom. The maximum Gasteiger partial charge on any atom is 0.242 e. The summed E-state index contributed by atoms with van der Waals surface area (Å²) in [6.45, 7) is 5.36. The van der Waals surface area contributed by atoms with Crippen molar-refractivity contribution >= 4 is 17.7 Å². The summed E-state index contributed by atoms with van der Waals surface area (Å²) < 4.78 is 0. The van der Waals surface area contributed by atoms with Gasteiger partial charge in [-0.1, -0.05) is 30.3 Å². The molecule has 0 aliphatic heterocycles. The molecule has 1 aromatic rings. The van der Waals surface area contributed by atoms with E-state index in [0.717, 1.165) is 5.56 Å². The highest BCUT2D eigenvalue weighted by Crippen LogP contribution is 2.16. The molecule has 0 aliphatic rings. The minimum Gasteiger partial charge on any atom is -0.355 e. The first-order valence-corrected chi connectivity index (χ1v) is 7.33. The van der Waals surface area contributed by atoms with Gasteiger partial charge in [0.05, 0.1) is 12.5 Å². The van der Waals surface area contributed by atoms with E-state index in [0.29, 0.717) is 6.54 Å².